The molecular formula is C18H28N2O2. The van der Waals surface area contributed by atoms with Gasteiger partial charge in [0.2, 0.25) is 0 Å². The molecule has 4 fully saturated rings. The van der Waals surface area contributed by atoms with Gasteiger partial charge in [0.15, 0.2) is 0 Å². The molecule has 4 aliphatic rings. The van der Waals surface area contributed by atoms with Crippen LogP contribution in [0.25, 0.3) is 0 Å². The Morgan fingerprint density at radius 2 is 2.05 bits per heavy atom. The molecular weight excluding hydrogens is 276 g/mol. The fourth-order valence-corrected chi connectivity index (χ4v) is 6.55. The van der Waals surface area contributed by atoms with Crippen LogP contribution in [0.15, 0.2) is 0 Å². The Balaban J connectivity index is 1.70. The minimum atomic E-state index is -0.188. The summed E-state index contributed by atoms with van der Waals surface area (Å²) < 4.78 is 0. The zero-order valence-electron chi connectivity index (χ0n) is 13.7. The molecule has 4 nitrogen and oxygen atoms in total. The molecule has 0 amide bonds. The molecule has 0 bridgehead atoms. The lowest BCUT2D eigenvalue weighted by Crippen LogP contribution is -2.61. The Morgan fingerprint density at radius 1 is 1.27 bits per heavy atom. The maximum absolute atomic E-state index is 13.1. The molecule has 3 saturated carbocycles. The van der Waals surface area contributed by atoms with E-state index in [9.17, 15) is 9.90 Å². The third kappa shape index (κ3) is 1.85. The van der Waals surface area contributed by atoms with Crippen LogP contribution in [0, 0.1) is 34.5 Å². The maximum atomic E-state index is 13.1. The average Bonchev–Trinajstić information content (AvgIpc) is 2.73. The summed E-state index contributed by atoms with van der Waals surface area (Å²) in [5.41, 5.74) is -0.113. The molecule has 122 valence electrons. The van der Waals surface area contributed by atoms with Gasteiger partial charge in [-0.15, -0.1) is 0 Å². The SMILES string of the molecule is C[C@]12CC[C@@H](O)C[C@H]1CC[C@@H]1[C@@H]2C(=O)C[C@]2(C)NC(=N)C[C@@H]12. The summed E-state index contributed by atoms with van der Waals surface area (Å²) in [4.78, 5) is 13.1. The van der Waals surface area contributed by atoms with E-state index in [1.807, 2.05) is 0 Å². The first-order valence-electron chi connectivity index (χ1n) is 8.90. The van der Waals surface area contributed by atoms with Gasteiger partial charge in [-0.25, -0.2) is 0 Å². The van der Waals surface area contributed by atoms with Gasteiger partial charge in [0.1, 0.15) is 5.78 Å². The van der Waals surface area contributed by atoms with E-state index in [1.54, 1.807) is 0 Å². The third-order valence-electron chi connectivity index (χ3n) is 7.58. The summed E-state index contributed by atoms with van der Waals surface area (Å²) in [6, 6.07) is 0. The van der Waals surface area contributed by atoms with Crippen LogP contribution in [0.5, 0.6) is 0 Å². The predicted octanol–water partition coefficient (Wildman–Crippen LogP) is 2.50. The van der Waals surface area contributed by atoms with Crippen molar-refractivity contribution in [2.45, 2.75) is 70.4 Å². The van der Waals surface area contributed by atoms with Gasteiger partial charge in [0.25, 0.3) is 0 Å². The van der Waals surface area contributed by atoms with Gasteiger partial charge in [0, 0.05) is 24.3 Å². The number of Topliss-reactive ketones (excluding diaryl/α,β-unsaturated/α-hetero) is 1. The van der Waals surface area contributed by atoms with Gasteiger partial charge in [-0.3, -0.25) is 10.2 Å². The number of hydrogen-bond acceptors (Lipinski definition) is 3. The van der Waals surface area contributed by atoms with Crippen molar-refractivity contribution in [2.24, 2.45) is 29.1 Å². The van der Waals surface area contributed by atoms with E-state index < -0.39 is 0 Å². The van der Waals surface area contributed by atoms with Crippen LogP contribution in [0.2, 0.25) is 0 Å². The number of carbonyl (C=O) groups excluding carboxylic acids is 1. The molecule has 3 N–H and O–H groups in total. The Kier molecular flexibility index (Phi) is 3.04. The summed E-state index contributed by atoms with van der Waals surface area (Å²) in [5.74, 6) is 2.55. The number of aliphatic hydroxyl groups excluding tert-OH is 1. The molecule has 4 rings (SSSR count). The Morgan fingerprint density at radius 3 is 2.82 bits per heavy atom. The number of aliphatic hydroxyl groups is 1. The molecule has 4 heteroatoms. The van der Waals surface area contributed by atoms with E-state index in [0.717, 1.165) is 38.5 Å². The topological polar surface area (TPSA) is 73.2 Å². The minimum Gasteiger partial charge on any atom is -0.393 e. The van der Waals surface area contributed by atoms with Crippen LogP contribution in [0.4, 0.5) is 0 Å². The molecule has 0 spiro atoms. The summed E-state index contributed by atoms with van der Waals surface area (Å²) in [6.07, 6.45) is 6.17. The van der Waals surface area contributed by atoms with E-state index >= 15 is 0 Å². The number of amidine groups is 1. The fourth-order valence-electron chi connectivity index (χ4n) is 6.55. The minimum absolute atomic E-state index is 0.0747. The van der Waals surface area contributed by atoms with E-state index in [0.29, 0.717) is 35.8 Å². The van der Waals surface area contributed by atoms with Crippen molar-refractivity contribution in [2.75, 3.05) is 0 Å². The molecule has 1 heterocycles. The molecule has 0 radical (unpaired) electrons. The molecule has 0 aromatic heterocycles. The molecule has 0 unspecified atom stereocenters. The average molecular weight is 304 g/mol. The Labute approximate surface area is 132 Å². The molecule has 7 atom stereocenters. The van der Waals surface area contributed by atoms with Crippen LogP contribution in [0.1, 0.15) is 58.8 Å². The van der Waals surface area contributed by atoms with E-state index in [2.05, 4.69) is 19.2 Å². The normalized spacial score (nSPS) is 54.2. The van der Waals surface area contributed by atoms with Gasteiger partial charge in [-0.2, -0.15) is 0 Å². The van der Waals surface area contributed by atoms with Gasteiger partial charge in [0.05, 0.1) is 11.9 Å². The van der Waals surface area contributed by atoms with Crippen molar-refractivity contribution < 1.29 is 9.90 Å². The zero-order chi connectivity index (χ0) is 15.7. The molecule has 0 aromatic rings. The van der Waals surface area contributed by atoms with Gasteiger partial charge in [-0.1, -0.05) is 6.92 Å². The van der Waals surface area contributed by atoms with E-state index in [-0.39, 0.29) is 23.0 Å². The number of rotatable bonds is 0. The summed E-state index contributed by atoms with van der Waals surface area (Å²) in [6.45, 7) is 4.46. The smallest absolute Gasteiger partial charge is 0.139 e. The number of fused-ring (bicyclic) bond motifs is 5. The van der Waals surface area contributed by atoms with Crippen molar-refractivity contribution >= 4 is 11.6 Å². The van der Waals surface area contributed by atoms with Crippen molar-refractivity contribution in [1.82, 2.24) is 5.32 Å². The standard InChI is InChI=1S/C18H28N2O2/c1-17-6-5-11(21)7-10(17)3-4-12-13-8-15(19)20-18(13,2)9-14(22)16(12)17/h10-13,16,21H,3-9H2,1-2H3,(H2,19,20)/t10-,11-,12+,13+,16-,17+,18+/m1/s1. The molecule has 1 aliphatic heterocycles. The molecule has 3 aliphatic carbocycles. The first kappa shape index (κ1) is 14.7. The lowest BCUT2D eigenvalue weighted by Gasteiger charge is -2.58. The Hall–Kier alpha value is -0.900. The summed E-state index contributed by atoms with van der Waals surface area (Å²) >= 11 is 0. The molecule has 0 aromatic carbocycles. The van der Waals surface area contributed by atoms with Gasteiger partial charge >= 0.3 is 0 Å². The van der Waals surface area contributed by atoms with Crippen LogP contribution in [-0.4, -0.2) is 28.4 Å². The van der Waals surface area contributed by atoms with Crippen LogP contribution < -0.4 is 5.32 Å². The lowest BCUT2D eigenvalue weighted by atomic mass is 9.46. The third-order valence-corrected chi connectivity index (χ3v) is 7.58. The molecule has 1 saturated heterocycles. The van der Waals surface area contributed by atoms with E-state index in [4.69, 9.17) is 5.41 Å². The fraction of sp³-hybridized carbons (Fsp3) is 0.889. The van der Waals surface area contributed by atoms with Crippen LogP contribution >= 0.6 is 0 Å². The lowest BCUT2D eigenvalue weighted by molar-refractivity contribution is -0.154. The van der Waals surface area contributed by atoms with Crippen LogP contribution in [-0.2, 0) is 4.79 Å². The highest BCUT2D eigenvalue weighted by atomic mass is 16.3. The van der Waals surface area contributed by atoms with Crippen molar-refractivity contribution in [3.8, 4) is 0 Å². The number of nitrogens with one attached hydrogen (secondary N) is 2. The summed E-state index contributed by atoms with van der Waals surface area (Å²) in [7, 11) is 0. The number of ketones is 1. The quantitative estimate of drug-likeness (QED) is 0.644. The summed E-state index contributed by atoms with van der Waals surface area (Å²) in [5, 5.41) is 21.4. The highest BCUT2D eigenvalue weighted by molar-refractivity contribution is 5.89. The highest BCUT2D eigenvalue weighted by Crippen LogP contribution is 2.61. The second kappa shape index (κ2) is 4.56. The Bertz CT molecular complexity index is 533. The monoisotopic (exact) mass is 304 g/mol. The highest BCUT2D eigenvalue weighted by Gasteiger charge is 2.61. The zero-order valence-corrected chi connectivity index (χ0v) is 13.7. The second-order valence-electron chi connectivity index (χ2n) is 8.82. The van der Waals surface area contributed by atoms with Crippen LogP contribution in [0.3, 0.4) is 0 Å². The molecule has 22 heavy (non-hydrogen) atoms. The largest absolute Gasteiger partial charge is 0.393 e. The van der Waals surface area contributed by atoms with Crippen molar-refractivity contribution in [1.29, 1.82) is 5.41 Å². The van der Waals surface area contributed by atoms with Crippen molar-refractivity contribution in [3.05, 3.63) is 0 Å². The first-order chi connectivity index (χ1) is 10.3. The maximum Gasteiger partial charge on any atom is 0.139 e. The number of carbonyl (C=O) groups is 1. The number of hydrogen-bond donors (Lipinski definition) is 3. The van der Waals surface area contributed by atoms with Crippen molar-refractivity contribution in [3.63, 3.8) is 0 Å². The van der Waals surface area contributed by atoms with Gasteiger partial charge < -0.3 is 10.4 Å². The first-order valence-corrected chi connectivity index (χ1v) is 8.90. The second-order valence-corrected chi connectivity index (χ2v) is 8.82. The predicted molar refractivity (Wildman–Crippen MR) is 84.7 cm³/mol. The van der Waals surface area contributed by atoms with Gasteiger partial charge in [-0.05, 0) is 62.2 Å². The van der Waals surface area contributed by atoms with E-state index in [1.165, 1.54) is 0 Å².